The molecule has 2 fully saturated rings. The molecule has 2 aliphatic carbocycles. The van der Waals surface area contributed by atoms with Crippen LogP contribution < -0.4 is 10.1 Å². The van der Waals surface area contributed by atoms with Crippen LogP contribution in [-0.2, 0) is 23.1 Å². The van der Waals surface area contributed by atoms with Gasteiger partial charge in [0.2, 0.25) is 0 Å². The normalized spacial score (nSPS) is 21.3. The highest BCUT2D eigenvalue weighted by atomic mass is 16.5. The van der Waals surface area contributed by atoms with E-state index in [0.29, 0.717) is 42.3 Å². The summed E-state index contributed by atoms with van der Waals surface area (Å²) in [4.78, 5) is 27.9. The number of aliphatic carboxylic acids is 1. The van der Waals surface area contributed by atoms with Gasteiger partial charge in [-0.2, -0.15) is 0 Å². The van der Waals surface area contributed by atoms with Crippen LogP contribution in [0.1, 0.15) is 57.6 Å². The molecule has 2 N–H and O–H groups in total. The molecule has 1 amide bonds. The first kappa shape index (κ1) is 23.0. The summed E-state index contributed by atoms with van der Waals surface area (Å²) in [6, 6.07) is 3.59. The molecule has 2 heterocycles. The zero-order chi connectivity index (χ0) is 23.4. The monoisotopic (exact) mass is 457 g/mol. The first-order valence-corrected chi connectivity index (χ1v) is 11.5. The van der Waals surface area contributed by atoms with Gasteiger partial charge in [-0.1, -0.05) is 12.1 Å². The molecule has 33 heavy (non-hydrogen) atoms. The molecule has 0 radical (unpaired) electrons. The number of hydrogen-bond donors (Lipinski definition) is 2. The number of rotatable bonds is 9. The van der Waals surface area contributed by atoms with Gasteiger partial charge in [0.15, 0.2) is 0 Å². The number of aryl methyl sites for hydroxylation is 1. The second-order valence-electron chi connectivity index (χ2n) is 9.11. The maximum atomic E-state index is 12.1. The lowest BCUT2D eigenvalue weighted by Crippen LogP contribution is -2.29. The van der Waals surface area contributed by atoms with Gasteiger partial charge in [0.05, 0.1) is 42.8 Å². The van der Waals surface area contributed by atoms with Crippen molar-refractivity contribution in [2.24, 2.45) is 18.4 Å². The van der Waals surface area contributed by atoms with Crippen LogP contribution in [0.15, 0.2) is 18.3 Å². The molecule has 2 aromatic heterocycles. The minimum absolute atomic E-state index is 0.128. The number of nitrogens with one attached hydrogen (secondary N) is 1. The molecule has 2 saturated carbocycles. The molecule has 2 aliphatic rings. The summed E-state index contributed by atoms with van der Waals surface area (Å²) in [7, 11) is 1.76. The van der Waals surface area contributed by atoms with E-state index < -0.39 is 12.1 Å². The Morgan fingerprint density at radius 3 is 2.79 bits per heavy atom. The van der Waals surface area contributed by atoms with Crippen molar-refractivity contribution < 1.29 is 24.2 Å². The molecule has 4 rings (SSSR count). The molecule has 0 spiro atoms. The summed E-state index contributed by atoms with van der Waals surface area (Å²) in [5, 5.41) is 20.3. The fourth-order valence-electron chi connectivity index (χ4n) is 4.24. The standard InChI is InChI=1S/C23H31N5O5/c1-3-23(9-10-23)14-32-22(31)25-13-19-20(26-27-28(19)2)18-8-7-17(12-24-18)33-16-6-4-5-15(11-16)21(29)30/h7-8,12,15-16H,3-6,9-11,13-14H2,1-2H3,(H,25,31)(H,29,30)/t15-,16-/m0/s1. The Bertz CT molecular complexity index is 986. The Hall–Kier alpha value is -3.17. The lowest BCUT2D eigenvalue weighted by atomic mass is 9.87. The van der Waals surface area contributed by atoms with Crippen molar-refractivity contribution in [1.29, 1.82) is 0 Å². The second-order valence-corrected chi connectivity index (χ2v) is 9.11. The Morgan fingerprint density at radius 1 is 1.30 bits per heavy atom. The third-order valence-electron chi connectivity index (χ3n) is 6.82. The van der Waals surface area contributed by atoms with Crippen molar-refractivity contribution in [2.45, 2.75) is 64.5 Å². The second kappa shape index (κ2) is 9.76. The first-order chi connectivity index (χ1) is 15.9. The molecule has 0 aromatic carbocycles. The first-order valence-electron chi connectivity index (χ1n) is 11.5. The van der Waals surface area contributed by atoms with E-state index in [0.717, 1.165) is 32.1 Å². The molecule has 178 valence electrons. The molecule has 0 bridgehead atoms. The maximum absolute atomic E-state index is 12.1. The predicted molar refractivity (Wildman–Crippen MR) is 118 cm³/mol. The van der Waals surface area contributed by atoms with E-state index >= 15 is 0 Å². The summed E-state index contributed by atoms with van der Waals surface area (Å²) in [6.45, 7) is 2.78. The highest BCUT2D eigenvalue weighted by Gasteiger charge is 2.42. The lowest BCUT2D eigenvalue weighted by Gasteiger charge is -2.27. The fourth-order valence-corrected chi connectivity index (χ4v) is 4.24. The van der Waals surface area contributed by atoms with Gasteiger partial charge in [-0.3, -0.25) is 9.78 Å². The van der Waals surface area contributed by atoms with E-state index in [2.05, 4.69) is 27.5 Å². The molecule has 0 saturated heterocycles. The number of carboxylic acid groups (broad SMARTS) is 1. The van der Waals surface area contributed by atoms with Crippen LogP contribution in [0.2, 0.25) is 0 Å². The zero-order valence-corrected chi connectivity index (χ0v) is 19.1. The largest absolute Gasteiger partial charge is 0.489 e. The van der Waals surface area contributed by atoms with E-state index in [1.807, 2.05) is 0 Å². The van der Waals surface area contributed by atoms with Gasteiger partial charge in [-0.05, 0) is 57.1 Å². The van der Waals surface area contributed by atoms with Crippen LogP contribution in [0.5, 0.6) is 5.75 Å². The molecule has 2 aromatic rings. The Labute approximate surface area is 192 Å². The van der Waals surface area contributed by atoms with Crippen molar-refractivity contribution in [2.75, 3.05) is 6.61 Å². The van der Waals surface area contributed by atoms with Gasteiger partial charge in [0.25, 0.3) is 0 Å². The van der Waals surface area contributed by atoms with E-state index in [9.17, 15) is 14.7 Å². The summed E-state index contributed by atoms with van der Waals surface area (Å²) in [5.41, 5.74) is 2.06. The number of aromatic nitrogens is 4. The number of nitrogens with zero attached hydrogens (tertiary/aromatic N) is 4. The van der Waals surface area contributed by atoms with Crippen molar-refractivity contribution in [3.8, 4) is 17.1 Å². The van der Waals surface area contributed by atoms with Gasteiger partial charge in [0.1, 0.15) is 11.4 Å². The minimum Gasteiger partial charge on any atom is -0.489 e. The SMILES string of the molecule is CCC1(COC(=O)NCc2c(-c3ccc(O[C@H]4CCC[C@H](C(=O)O)C4)cn3)nnn2C)CC1. The molecule has 0 aliphatic heterocycles. The molecule has 2 atom stereocenters. The summed E-state index contributed by atoms with van der Waals surface area (Å²) < 4.78 is 13.0. The van der Waals surface area contributed by atoms with Crippen LogP contribution >= 0.6 is 0 Å². The summed E-state index contributed by atoms with van der Waals surface area (Å²) >= 11 is 0. The van der Waals surface area contributed by atoms with Gasteiger partial charge >= 0.3 is 12.1 Å². The Balaban J connectivity index is 1.34. The number of ether oxygens (including phenoxy) is 2. The third-order valence-corrected chi connectivity index (χ3v) is 6.82. The van der Waals surface area contributed by atoms with E-state index in [1.165, 1.54) is 0 Å². The number of amides is 1. The molecular weight excluding hydrogens is 426 g/mol. The van der Waals surface area contributed by atoms with Crippen molar-refractivity contribution in [3.05, 3.63) is 24.0 Å². The molecule has 10 heteroatoms. The number of hydrogen-bond acceptors (Lipinski definition) is 7. The van der Waals surface area contributed by atoms with Gasteiger partial charge in [-0.15, -0.1) is 5.10 Å². The number of carbonyl (C=O) groups is 2. The minimum atomic E-state index is -0.762. The van der Waals surface area contributed by atoms with Crippen molar-refractivity contribution in [3.63, 3.8) is 0 Å². The topological polar surface area (TPSA) is 128 Å². The van der Waals surface area contributed by atoms with Gasteiger partial charge in [0, 0.05) is 12.5 Å². The van der Waals surface area contributed by atoms with Crippen LogP contribution in [0, 0.1) is 11.3 Å². The fraction of sp³-hybridized carbons (Fsp3) is 0.609. The summed E-state index contributed by atoms with van der Waals surface area (Å²) in [5.74, 6) is -0.525. The van der Waals surface area contributed by atoms with Crippen molar-refractivity contribution >= 4 is 12.1 Å². The molecule has 0 unspecified atom stereocenters. The average molecular weight is 458 g/mol. The molecule has 10 nitrogen and oxygen atoms in total. The molecular formula is C23H31N5O5. The van der Waals surface area contributed by atoms with E-state index in [4.69, 9.17) is 9.47 Å². The van der Waals surface area contributed by atoms with E-state index in [1.54, 1.807) is 30.1 Å². The zero-order valence-electron chi connectivity index (χ0n) is 19.1. The van der Waals surface area contributed by atoms with Gasteiger partial charge in [-0.25, -0.2) is 9.48 Å². The highest BCUT2D eigenvalue weighted by molar-refractivity contribution is 5.70. The number of alkyl carbamates (subject to hydrolysis) is 1. The summed E-state index contributed by atoms with van der Waals surface area (Å²) in [6.07, 6.45) is 7.14. The quantitative estimate of drug-likeness (QED) is 0.587. The average Bonchev–Trinajstić information content (AvgIpc) is 3.52. The predicted octanol–water partition coefficient (Wildman–Crippen LogP) is 3.32. The number of carbonyl (C=O) groups excluding carboxylic acids is 1. The van der Waals surface area contributed by atoms with Crippen LogP contribution in [-0.4, -0.2) is 49.9 Å². The lowest BCUT2D eigenvalue weighted by molar-refractivity contribution is -0.143. The third kappa shape index (κ3) is 5.61. The van der Waals surface area contributed by atoms with Crippen LogP contribution in [0.25, 0.3) is 11.4 Å². The van der Waals surface area contributed by atoms with E-state index in [-0.39, 0.29) is 24.0 Å². The van der Waals surface area contributed by atoms with Crippen molar-refractivity contribution in [1.82, 2.24) is 25.3 Å². The Morgan fingerprint density at radius 2 is 2.12 bits per heavy atom. The smallest absolute Gasteiger partial charge is 0.407 e. The van der Waals surface area contributed by atoms with Crippen LogP contribution in [0.3, 0.4) is 0 Å². The van der Waals surface area contributed by atoms with Crippen LogP contribution in [0.4, 0.5) is 4.79 Å². The maximum Gasteiger partial charge on any atom is 0.407 e. The Kier molecular flexibility index (Phi) is 6.80. The number of pyridine rings is 1. The highest BCUT2D eigenvalue weighted by Crippen LogP contribution is 2.48. The number of carboxylic acids is 1. The van der Waals surface area contributed by atoms with Gasteiger partial charge < -0.3 is 19.9 Å².